The number of carbonyl (C=O) groups excluding carboxylic acids is 2. The summed E-state index contributed by atoms with van der Waals surface area (Å²) >= 11 is 0. The van der Waals surface area contributed by atoms with Crippen LogP contribution in [0.4, 0.5) is 0 Å². The van der Waals surface area contributed by atoms with E-state index in [2.05, 4.69) is 0 Å². The van der Waals surface area contributed by atoms with Crippen molar-refractivity contribution in [2.24, 2.45) is 5.92 Å². The van der Waals surface area contributed by atoms with Crippen LogP contribution in [0.3, 0.4) is 0 Å². The van der Waals surface area contributed by atoms with Crippen LogP contribution in [0.5, 0.6) is 0 Å². The number of hydrogen-bond acceptors (Lipinski definition) is 3. The van der Waals surface area contributed by atoms with Crippen molar-refractivity contribution >= 4 is 11.8 Å². The van der Waals surface area contributed by atoms with Crippen molar-refractivity contribution in [1.29, 1.82) is 0 Å². The van der Waals surface area contributed by atoms with Gasteiger partial charge in [0.2, 0.25) is 11.8 Å². The number of piperidine rings is 1. The summed E-state index contributed by atoms with van der Waals surface area (Å²) < 4.78 is 0. The lowest BCUT2D eigenvalue weighted by Crippen LogP contribution is -2.46. The first-order valence-electron chi connectivity index (χ1n) is 5.05. The number of β-amino-alcohol motifs (C(OH)–C–C–N with tert-alkyl or cyclic N) is 1. The second-order valence-corrected chi connectivity index (χ2v) is 3.97. The maximum absolute atomic E-state index is 11.5. The molecule has 1 rings (SSSR count). The molecule has 80 valence electrons. The van der Waals surface area contributed by atoms with Gasteiger partial charge in [-0.15, -0.1) is 0 Å². The van der Waals surface area contributed by atoms with Gasteiger partial charge in [-0.25, -0.2) is 0 Å². The number of aliphatic hydroxyl groups excluding tert-OH is 1. The Hall–Kier alpha value is -0.900. The maximum Gasteiger partial charge on any atom is 0.229 e. The molecule has 14 heavy (non-hydrogen) atoms. The number of nitrogens with zero attached hydrogens (tertiary/aromatic N) is 1. The minimum atomic E-state index is -0.587. The minimum absolute atomic E-state index is 0.144. The van der Waals surface area contributed by atoms with Crippen LogP contribution in [-0.4, -0.2) is 34.5 Å². The standard InChI is InChI=1S/C10H17NO3/c1-3-8(12)6-11-9(13)4-7(2)5-10(11)14/h7-8,12H,3-6H2,1-2H3. The number of carbonyl (C=O) groups is 2. The molecule has 1 unspecified atom stereocenters. The van der Waals surface area contributed by atoms with Gasteiger partial charge < -0.3 is 5.11 Å². The SMILES string of the molecule is CCC(O)CN1C(=O)CC(C)CC1=O. The zero-order chi connectivity index (χ0) is 10.7. The number of imide groups is 1. The third-order valence-corrected chi connectivity index (χ3v) is 2.51. The van der Waals surface area contributed by atoms with Crippen LogP contribution in [0.1, 0.15) is 33.1 Å². The molecule has 1 aliphatic rings. The van der Waals surface area contributed by atoms with Gasteiger partial charge in [-0.2, -0.15) is 0 Å². The Bertz CT molecular complexity index is 222. The van der Waals surface area contributed by atoms with Gasteiger partial charge in [0.05, 0.1) is 12.6 Å². The summed E-state index contributed by atoms with van der Waals surface area (Å²) in [4.78, 5) is 24.1. The zero-order valence-electron chi connectivity index (χ0n) is 8.69. The molecule has 4 heteroatoms. The molecular weight excluding hydrogens is 182 g/mol. The number of likely N-dealkylation sites (tertiary alicyclic amines) is 1. The average Bonchev–Trinajstić information content (AvgIpc) is 2.10. The normalized spacial score (nSPS) is 21.5. The molecule has 0 aliphatic carbocycles. The molecule has 0 bridgehead atoms. The van der Waals surface area contributed by atoms with E-state index in [9.17, 15) is 14.7 Å². The third kappa shape index (κ3) is 2.54. The summed E-state index contributed by atoms with van der Waals surface area (Å²) in [5.41, 5.74) is 0. The lowest BCUT2D eigenvalue weighted by molar-refractivity contribution is -0.151. The molecule has 0 saturated carbocycles. The van der Waals surface area contributed by atoms with Gasteiger partial charge in [-0.3, -0.25) is 14.5 Å². The van der Waals surface area contributed by atoms with Crippen molar-refractivity contribution in [3.63, 3.8) is 0 Å². The van der Waals surface area contributed by atoms with E-state index in [0.717, 1.165) is 0 Å². The molecule has 0 radical (unpaired) electrons. The van der Waals surface area contributed by atoms with E-state index in [4.69, 9.17) is 0 Å². The number of aliphatic hydroxyl groups is 1. The van der Waals surface area contributed by atoms with E-state index in [-0.39, 0.29) is 24.3 Å². The van der Waals surface area contributed by atoms with E-state index in [1.807, 2.05) is 13.8 Å². The molecule has 1 atom stereocenters. The molecule has 0 aromatic carbocycles. The van der Waals surface area contributed by atoms with Gasteiger partial charge in [0.15, 0.2) is 0 Å². The van der Waals surface area contributed by atoms with Crippen LogP contribution < -0.4 is 0 Å². The molecular formula is C10H17NO3. The van der Waals surface area contributed by atoms with Gasteiger partial charge in [0.1, 0.15) is 0 Å². The summed E-state index contributed by atoms with van der Waals surface area (Å²) in [6, 6.07) is 0. The lowest BCUT2D eigenvalue weighted by Gasteiger charge is -2.29. The fourth-order valence-corrected chi connectivity index (χ4v) is 1.57. The Morgan fingerprint density at radius 3 is 2.36 bits per heavy atom. The largest absolute Gasteiger partial charge is 0.391 e. The van der Waals surface area contributed by atoms with Gasteiger partial charge >= 0.3 is 0 Å². The van der Waals surface area contributed by atoms with Crippen LogP contribution in [0.25, 0.3) is 0 Å². The smallest absolute Gasteiger partial charge is 0.229 e. The van der Waals surface area contributed by atoms with Gasteiger partial charge in [-0.1, -0.05) is 13.8 Å². The van der Waals surface area contributed by atoms with Gasteiger partial charge in [0.25, 0.3) is 0 Å². The summed E-state index contributed by atoms with van der Waals surface area (Å²) in [7, 11) is 0. The quantitative estimate of drug-likeness (QED) is 0.675. The Labute approximate surface area is 83.9 Å². The fraction of sp³-hybridized carbons (Fsp3) is 0.800. The van der Waals surface area contributed by atoms with E-state index >= 15 is 0 Å². The highest BCUT2D eigenvalue weighted by Crippen LogP contribution is 2.19. The van der Waals surface area contributed by atoms with Crippen molar-refractivity contribution in [2.75, 3.05) is 6.54 Å². The van der Waals surface area contributed by atoms with Crippen LogP contribution >= 0.6 is 0 Å². The zero-order valence-corrected chi connectivity index (χ0v) is 8.69. The molecule has 2 amide bonds. The highest BCUT2D eigenvalue weighted by molar-refractivity contribution is 5.97. The molecule has 0 spiro atoms. The fourth-order valence-electron chi connectivity index (χ4n) is 1.57. The first-order chi connectivity index (χ1) is 6.54. The second-order valence-electron chi connectivity index (χ2n) is 3.97. The van der Waals surface area contributed by atoms with Crippen LogP contribution in [-0.2, 0) is 9.59 Å². The molecule has 4 nitrogen and oxygen atoms in total. The van der Waals surface area contributed by atoms with Gasteiger partial charge in [0, 0.05) is 12.8 Å². The van der Waals surface area contributed by atoms with Crippen molar-refractivity contribution in [3.8, 4) is 0 Å². The van der Waals surface area contributed by atoms with Crippen molar-refractivity contribution in [1.82, 2.24) is 4.90 Å². The Morgan fingerprint density at radius 1 is 1.43 bits per heavy atom. The van der Waals surface area contributed by atoms with Crippen LogP contribution in [0.15, 0.2) is 0 Å². The summed E-state index contributed by atoms with van der Waals surface area (Å²) in [6.45, 7) is 3.87. The highest BCUT2D eigenvalue weighted by Gasteiger charge is 2.30. The molecule has 1 aliphatic heterocycles. The van der Waals surface area contributed by atoms with E-state index in [0.29, 0.717) is 19.3 Å². The predicted molar refractivity (Wildman–Crippen MR) is 51.4 cm³/mol. The number of amides is 2. The summed E-state index contributed by atoms with van der Waals surface area (Å²) in [5.74, 6) is -0.160. The highest BCUT2D eigenvalue weighted by atomic mass is 16.3. The van der Waals surface area contributed by atoms with Crippen molar-refractivity contribution < 1.29 is 14.7 Å². The minimum Gasteiger partial charge on any atom is -0.391 e. The molecule has 1 saturated heterocycles. The predicted octanol–water partition coefficient (Wildman–Crippen LogP) is 0.542. The maximum atomic E-state index is 11.5. The number of rotatable bonds is 3. The summed E-state index contributed by atoms with van der Waals surface area (Å²) in [5, 5.41) is 9.37. The van der Waals surface area contributed by atoms with Crippen molar-refractivity contribution in [3.05, 3.63) is 0 Å². The molecule has 0 aromatic rings. The Kier molecular flexibility index (Phi) is 3.63. The molecule has 1 N–H and O–H groups in total. The van der Waals surface area contributed by atoms with Gasteiger partial charge in [-0.05, 0) is 12.3 Å². The molecule has 1 heterocycles. The van der Waals surface area contributed by atoms with E-state index in [1.54, 1.807) is 0 Å². The Morgan fingerprint density at radius 2 is 1.93 bits per heavy atom. The first-order valence-corrected chi connectivity index (χ1v) is 5.05. The van der Waals surface area contributed by atoms with Crippen LogP contribution in [0.2, 0.25) is 0 Å². The Balaban J connectivity index is 2.59. The average molecular weight is 199 g/mol. The lowest BCUT2D eigenvalue weighted by atomic mass is 9.97. The third-order valence-electron chi connectivity index (χ3n) is 2.51. The number of hydrogen-bond donors (Lipinski definition) is 1. The monoisotopic (exact) mass is 199 g/mol. The first kappa shape index (κ1) is 11.2. The summed E-state index contributed by atoms with van der Waals surface area (Å²) in [6.07, 6.45) is 0.813. The molecule has 1 fully saturated rings. The van der Waals surface area contributed by atoms with Crippen molar-refractivity contribution in [2.45, 2.75) is 39.2 Å². The molecule has 0 aromatic heterocycles. The van der Waals surface area contributed by atoms with E-state index in [1.165, 1.54) is 4.90 Å². The van der Waals surface area contributed by atoms with E-state index < -0.39 is 6.10 Å². The second kappa shape index (κ2) is 4.55. The topological polar surface area (TPSA) is 57.6 Å². The van der Waals surface area contributed by atoms with Crippen LogP contribution in [0, 0.1) is 5.92 Å².